The van der Waals surface area contributed by atoms with Gasteiger partial charge in [0.1, 0.15) is 5.82 Å². The predicted octanol–water partition coefficient (Wildman–Crippen LogP) is 2.62. The molecule has 2 heterocycles. The van der Waals surface area contributed by atoms with Gasteiger partial charge in [0, 0.05) is 23.6 Å². The highest BCUT2D eigenvalue weighted by Gasteiger charge is 2.21. The third-order valence-corrected chi connectivity index (χ3v) is 4.09. The van der Waals surface area contributed by atoms with Crippen LogP contribution in [0.4, 0.5) is 5.82 Å². The lowest BCUT2D eigenvalue weighted by Crippen LogP contribution is -2.12. The third kappa shape index (κ3) is 2.46. The van der Waals surface area contributed by atoms with Gasteiger partial charge in [-0.25, -0.2) is 0 Å². The van der Waals surface area contributed by atoms with Crippen LogP contribution in [0.1, 0.15) is 22.6 Å². The Kier molecular flexibility index (Phi) is 3.21. The second-order valence-corrected chi connectivity index (χ2v) is 5.57. The molecule has 0 saturated heterocycles. The van der Waals surface area contributed by atoms with Crippen molar-refractivity contribution in [3.8, 4) is 0 Å². The molecular weight excluding hydrogens is 258 g/mol. The smallest absolute Gasteiger partial charge is 0.249 e. The van der Waals surface area contributed by atoms with Gasteiger partial charge in [-0.2, -0.15) is 5.10 Å². The van der Waals surface area contributed by atoms with E-state index in [1.54, 1.807) is 22.1 Å². The summed E-state index contributed by atoms with van der Waals surface area (Å²) in [7, 11) is 1.87. The molecule has 1 N–H and O–H groups in total. The average Bonchev–Trinajstić information content (AvgIpc) is 3.07. The Morgan fingerprint density at radius 1 is 1.53 bits per heavy atom. The van der Waals surface area contributed by atoms with E-state index in [1.165, 1.54) is 5.56 Å². The van der Waals surface area contributed by atoms with Gasteiger partial charge in [0.2, 0.25) is 5.91 Å². The molecule has 2 aromatic rings. The molecule has 0 radical (unpaired) electrons. The molecule has 0 spiro atoms. The highest BCUT2D eigenvalue weighted by atomic mass is 32.1. The van der Waals surface area contributed by atoms with Crippen LogP contribution >= 0.6 is 11.3 Å². The molecule has 98 valence electrons. The Morgan fingerprint density at radius 3 is 3.21 bits per heavy atom. The largest absolute Gasteiger partial charge is 0.307 e. The van der Waals surface area contributed by atoms with Crippen LogP contribution in [0.15, 0.2) is 23.6 Å². The Labute approximate surface area is 115 Å². The number of anilines is 1. The number of thiophene rings is 1. The van der Waals surface area contributed by atoms with Crippen molar-refractivity contribution < 1.29 is 4.79 Å². The number of fused-ring (bicyclic) bond motifs is 1. The first-order valence-electron chi connectivity index (χ1n) is 6.31. The number of rotatable bonds is 3. The minimum absolute atomic E-state index is 0.105. The molecule has 0 atom stereocenters. The van der Waals surface area contributed by atoms with Crippen LogP contribution in [0.2, 0.25) is 0 Å². The zero-order valence-electron chi connectivity index (χ0n) is 10.7. The van der Waals surface area contributed by atoms with Crippen molar-refractivity contribution in [1.29, 1.82) is 0 Å². The van der Waals surface area contributed by atoms with Crippen molar-refractivity contribution in [2.75, 3.05) is 5.32 Å². The van der Waals surface area contributed by atoms with E-state index in [1.807, 2.05) is 30.6 Å². The fourth-order valence-electron chi connectivity index (χ4n) is 2.38. The molecule has 5 heteroatoms. The zero-order valence-corrected chi connectivity index (χ0v) is 11.5. The summed E-state index contributed by atoms with van der Waals surface area (Å²) in [6, 6.07) is 3.95. The topological polar surface area (TPSA) is 46.9 Å². The molecule has 1 aliphatic carbocycles. The van der Waals surface area contributed by atoms with E-state index in [-0.39, 0.29) is 5.91 Å². The van der Waals surface area contributed by atoms with Gasteiger partial charge in [-0.05, 0) is 36.8 Å². The summed E-state index contributed by atoms with van der Waals surface area (Å²) >= 11 is 1.61. The van der Waals surface area contributed by atoms with E-state index >= 15 is 0 Å². The minimum atomic E-state index is -0.105. The molecule has 0 bridgehead atoms. The second-order valence-electron chi connectivity index (χ2n) is 4.59. The number of amides is 1. The summed E-state index contributed by atoms with van der Waals surface area (Å²) < 4.78 is 1.76. The Balaban J connectivity index is 1.73. The number of carbonyl (C=O) groups is 1. The van der Waals surface area contributed by atoms with Gasteiger partial charge in [-0.15, -0.1) is 11.3 Å². The molecular formula is C14H15N3OS. The molecule has 1 amide bonds. The molecule has 3 rings (SSSR count). The predicted molar refractivity (Wildman–Crippen MR) is 77.2 cm³/mol. The molecule has 0 aromatic carbocycles. The number of nitrogens with one attached hydrogen (secondary N) is 1. The SMILES string of the molecule is Cn1nc2c(c1NC(=O)C=Cc1cccs1)CCC2. The van der Waals surface area contributed by atoms with Gasteiger partial charge >= 0.3 is 0 Å². The maximum absolute atomic E-state index is 11.9. The summed E-state index contributed by atoms with van der Waals surface area (Å²) in [5, 5.41) is 9.36. The molecule has 0 saturated carbocycles. The molecule has 0 fully saturated rings. The summed E-state index contributed by atoms with van der Waals surface area (Å²) in [6.45, 7) is 0. The number of hydrogen-bond donors (Lipinski definition) is 1. The zero-order chi connectivity index (χ0) is 13.2. The van der Waals surface area contributed by atoms with Crippen LogP contribution in [0, 0.1) is 0 Å². The monoisotopic (exact) mass is 273 g/mol. The fourth-order valence-corrected chi connectivity index (χ4v) is 3.00. The van der Waals surface area contributed by atoms with Crippen molar-refractivity contribution in [3.05, 3.63) is 39.7 Å². The first-order valence-corrected chi connectivity index (χ1v) is 7.19. The van der Waals surface area contributed by atoms with E-state index in [0.29, 0.717) is 0 Å². The molecule has 1 aliphatic rings. The summed E-state index contributed by atoms with van der Waals surface area (Å²) in [6.07, 6.45) is 6.56. The van der Waals surface area contributed by atoms with Crippen LogP contribution in [0.25, 0.3) is 6.08 Å². The van der Waals surface area contributed by atoms with Crippen LogP contribution in [-0.4, -0.2) is 15.7 Å². The van der Waals surface area contributed by atoms with Gasteiger partial charge < -0.3 is 5.32 Å². The van der Waals surface area contributed by atoms with E-state index in [4.69, 9.17) is 0 Å². The normalized spacial score (nSPS) is 13.9. The fraction of sp³-hybridized carbons (Fsp3) is 0.286. The van der Waals surface area contributed by atoms with Gasteiger partial charge in [-0.1, -0.05) is 6.07 Å². The first kappa shape index (κ1) is 12.2. The van der Waals surface area contributed by atoms with E-state index in [2.05, 4.69) is 10.4 Å². The van der Waals surface area contributed by atoms with Gasteiger partial charge in [0.05, 0.1) is 5.69 Å². The Morgan fingerprint density at radius 2 is 2.42 bits per heavy atom. The third-order valence-electron chi connectivity index (χ3n) is 3.25. The number of nitrogens with zero attached hydrogens (tertiary/aromatic N) is 2. The van der Waals surface area contributed by atoms with Gasteiger partial charge in [-0.3, -0.25) is 9.48 Å². The number of carbonyl (C=O) groups excluding carboxylic acids is 1. The highest BCUT2D eigenvalue weighted by Crippen LogP contribution is 2.27. The van der Waals surface area contributed by atoms with Gasteiger partial charge in [0.25, 0.3) is 0 Å². The molecule has 4 nitrogen and oxygen atoms in total. The van der Waals surface area contributed by atoms with E-state index < -0.39 is 0 Å². The number of aryl methyl sites for hydroxylation is 2. The quantitative estimate of drug-likeness (QED) is 0.874. The second kappa shape index (κ2) is 5.01. The lowest BCUT2D eigenvalue weighted by molar-refractivity contribution is -0.111. The summed E-state index contributed by atoms with van der Waals surface area (Å²) in [5.41, 5.74) is 2.32. The average molecular weight is 273 g/mol. The van der Waals surface area contributed by atoms with Crippen molar-refractivity contribution in [1.82, 2.24) is 9.78 Å². The van der Waals surface area contributed by atoms with Crippen LogP contribution in [0.3, 0.4) is 0 Å². The van der Waals surface area contributed by atoms with E-state index in [0.717, 1.165) is 35.7 Å². The Bertz CT molecular complexity index is 625. The minimum Gasteiger partial charge on any atom is -0.307 e. The van der Waals surface area contributed by atoms with Gasteiger partial charge in [0.15, 0.2) is 0 Å². The standard InChI is InChI=1S/C14H15N3OS/c1-17-14(11-5-2-6-12(11)16-17)15-13(18)8-7-10-4-3-9-19-10/h3-4,7-9H,2,5-6H2,1H3,(H,15,18). The van der Waals surface area contributed by atoms with E-state index in [9.17, 15) is 4.79 Å². The van der Waals surface area contributed by atoms with Crippen molar-refractivity contribution in [2.45, 2.75) is 19.3 Å². The first-order chi connectivity index (χ1) is 9.24. The molecule has 2 aromatic heterocycles. The highest BCUT2D eigenvalue weighted by molar-refractivity contribution is 7.10. The van der Waals surface area contributed by atoms with Crippen molar-refractivity contribution >= 4 is 29.1 Å². The maximum atomic E-state index is 11.9. The number of hydrogen-bond acceptors (Lipinski definition) is 3. The number of aromatic nitrogens is 2. The van der Waals surface area contributed by atoms with Crippen LogP contribution < -0.4 is 5.32 Å². The van der Waals surface area contributed by atoms with Crippen LogP contribution in [-0.2, 0) is 24.7 Å². The van der Waals surface area contributed by atoms with Crippen molar-refractivity contribution in [3.63, 3.8) is 0 Å². The Hall–Kier alpha value is -1.88. The lowest BCUT2D eigenvalue weighted by Gasteiger charge is -2.04. The molecule has 19 heavy (non-hydrogen) atoms. The van der Waals surface area contributed by atoms with Crippen molar-refractivity contribution in [2.24, 2.45) is 7.05 Å². The maximum Gasteiger partial charge on any atom is 0.249 e. The molecule has 0 aliphatic heterocycles. The molecule has 0 unspecified atom stereocenters. The lowest BCUT2D eigenvalue weighted by atomic mass is 10.2. The summed E-state index contributed by atoms with van der Waals surface area (Å²) in [4.78, 5) is 13.0. The summed E-state index contributed by atoms with van der Waals surface area (Å²) in [5.74, 6) is 0.736. The van der Waals surface area contributed by atoms with Crippen LogP contribution in [0.5, 0.6) is 0 Å².